The predicted molar refractivity (Wildman–Crippen MR) is 126 cm³/mol. The van der Waals surface area contributed by atoms with Gasteiger partial charge < -0.3 is 28.4 Å². The molecule has 3 heterocycles. The molecule has 11 heteroatoms. The number of fused-ring (bicyclic) bond motifs is 2. The van der Waals surface area contributed by atoms with Crippen molar-refractivity contribution in [2.24, 2.45) is 0 Å². The highest BCUT2D eigenvalue weighted by atomic mass is 32.2. The Morgan fingerprint density at radius 3 is 2.80 bits per heavy atom. The molecule has 0 unspecified atom stereocenters. The summed E-state index contributed by atoms with van der Waals surface area (Å²) in [5.74, 6) is 1.00. The number of ether oxygens (including phenoxy) is 3. The maximum absolute atomic E-state index is 13.4. The number of hydrogen-bond acceptors (Lipinski definition) is 8. The van der Waals surface area contributed by atoms with E-state index < -0.39 is 15.9 Å². The van der Waals surface area contributed by atoms with Gasteiger partial charge in [-0.1, -0.05) is 6.07 Å². The van der Waals surface area contributed by atoms with Crippen molar-refractivity contribution < 1.29 is 36.3 Å². The van der Waals surface area contributed by atoms with E-state index in [4.69, 9.17) is 23.0 Å². The monoisotopic (exact) mass is 496 g/mol. The molecule has 35 heavy (non-hydrogen) atoms. The first kappa shape index (κ1) is 22.4. The van der Waals surface area contributed by atoms with E-state index in [1.54, 1.807) is 30.3 Å². The second kappa shape index (κ2) is 9.11. The zero-order valence-electron chi connectivity index (χ0n) is 18.4. The predicted octanol–water partition coefficient (Wildman–Crippen LogP) is 3.89. The molecule has 0 saturated carbocycles. The minimum Gasteiger partial charge on any atom is -0.492 e. The van der Waals surface area contributed by atoms with Gasteiger partial charge in [0.15, 0.2) is 11.5 Å². The van der Waals surface area contributed by atoms with E-state index in [0.717, 1.165) is 0 Å². The van der Waals surface area contributed by atoms with Crippen molar-refractivity contribution in [1.29, 1.82) is 0 Å². The van der Waals surface area contributed by atoms with Gasteiger partial charge in [0.2, 0.25) is 18.4 Å². The molecular formula is C24H20N2O8S. The number of furan rings is 2. The van der Waals surface area contributed by atoms with E-state index >= 15 is 0 Å². The van der Waals surface area contributed by atoms with E-state index in [1.807, 2.05) is 0 Å². The molecule has 1 aliphatic heterocycles. The Morgan fingerprint density at radius 1 is 1.11 bits per heavy atom. The van der Waals surface area contributed by atoms with E-state index in [0.29, 0.717) is 28.2 Å². The fraction of sp³-hybridized carbons (Fsp3) is 0.125. The Bertz CT molecular complexity index is 1520. The lowest BCUT2D eigenvalue weighted by Crippen LogP contribution is -2.20. The van der Waals surface area contributed by atoms with Crippen LogP contribution in [0.3, 0.4) is 0 Å². The molecule has 10 nitrogen and oxygen atoms in total. The largest absolute Gasteiger partial charge is 0.492 e. The van der Waals surface area contributed by atoms with Crippen molar-refractivity contribution in [3.8, 4) is 17.2 Å². The van der Waals surface area contributed by atoms with E-state index in [2.05, 4.69) is 10.0 Å². The average Bonchev–Trinajstić information content (AvgIpc) is 3.62. The first-order valence-corrected chi connectivity index (χ1v) is 11.9. The number of benzene rings is 2. The van der Waals surface area contributed by atoms with Crippen LogP contribution in [-0.4, -0.2) is 28.2 Å². The van der Waals surface area contributed by atoms with Crippen LogP contribution in [0.4, 0.5) is 5.69 Å². The smallest absolute Gasteiger partial charge is 0.262 e. The van der Waals surface area contributed by atoms with E-state index in [-0.39, 0.29) is 35.2 Å². The topological polar surface area (TPSA) is 129 Å². The van der Waals surface area contributed by atoms with Crippen molar-refractivity contribution >= 4 is 38.7 Å². The lowest BCUT2D eigenvalue weighted by molar-refractivity contribution is -0.116. The molecule has 5 rings (SSSR count). The van der Waals surface area contributed by atoms with Crippen molar-refractivity contribution in [1.82, 2.24) is 5.32 Å². The summed E-state index contributed by atoms with van der Waals surface area (Å²) in [5, 5.41) is 3.12. The SMILES string of the molecule is COc1c(C=CC(=O)NCc2ccco2)c(NS(=O)(=O)c2cccc3occc23)cc2c1OCO2. The zero-order chi connectivity index (χ0) is 24.4. The molecule has 1 aliphatic rings. The second-order valence-corrected chi connectivity index (χ2v) is 9.08. The third kappa shape index (κ3) is 4.41. The van der Waals surface area contributed by atoms with E-state index in [1.165, 1.54) is 43.9 Å². The third-order valence-corrected chi connectivity index (χ3v) is 6.69. The molecule has 0 saturated heterocycles. The summed E-state index contributed by atoms with van der Waals surface area (Å²) >= 11 is 0. The standard InChI is InChI=1S/C24H20N2O8S/c1-30-23-16(7-8-22(27)25-13-15-4-3-10-31-15)18(12-20-24(23)34-14-33-20)26-35(28,29)21-6-2-5-19-17(21)9-11-32-19/h2-12,26H,13-14H2,1H3,(H,25,27). The van der Waals surface area contributed by atoms with Crippen LogP contribution in [0.5, 0.6) is 17.2 Å². The number of carbonyl (C=O) groups is 1. The zero-order valence-corrected chi connectivity index (χ0v) is 19.3. The van der Waals surface area contributed by atoms with Crippen molar-refractivity contribution in [3.05, 3.63) is 72.4 Å². The number of methoxy groups -OCH3 is 1. The molecule has 2 N–H and O–H groups in total. The molecule has 0 atom stereocenters. The highest BCUT2D eigenvalue weighted by molar-refractivity contribution is 7.93. The highest BCUT2D eigenvalue weighted by Crippen LogP contribution is 2.48. The van der Waals surface area contributed by atoms with E-state index in [9.17, 15) is 13.2 Å². The quantitative estimate of drug-likeness (QED) is 0.352. The van der Waals surface area contributed by atoms with Crippen LogP contribution in [0, 0.1) is 0 Å². The van der Waals surface area contributed by atoms with Crippen LogP contribution in [0.25, 0.3) is 17.0 Å². The Balaban J connectivity index is 1.50. The minimum absolute atomic E-state index is 0.0338. The molecule has 0 radical (unpaired) electrons. The molecular weight excluding hydrogens is 476 g/mol. The Labute approximate surface area is 200 Å². The summed E-state index contributed by atoms with van der Waals surface area (Å²) in [5.41, 5.74) is 0.860. The number of nitrogens with one attached hydrogen (secondary N) is 2. The number of hydrogen-bond donors (Lipinski definition) is 2. The van der Waals surface area contributed by atoms with Gasteiger partial charge in [-0.3, -0.25) is 9.52 Å². The molecule has 0 aliphatic carbocycles. The van der Waals surface area contributed by atoms with Crippen LogP contribution >= 0.6 is 0 Å². The van der Waals surface area contributed by atoms with Crippen molar-refractivity contribution in [2.45, 2.75) is 11.4 Å². The summed E-state index contributed by atoms with van der Waals surface area (Å²) in [7, 11) is -2.65. The van der Waals surface area contributed by atoms with Crippen molar-refractivity contribution in [2.75, 3.05) is 18.6 Å². The molecule has 4 aromatic rings. The summed E-state index contributed by atoms with van der Waals surface area (Å²) in [6.45, 7) is 0.144. The Kier molecular flexibility index (Phi) is 5.83. The molecule has 1 amide bonds. The van der Waals surface area contributed by atoms with Crippen LogP contribution in [0.2, 0.25) is 0 Å². The minimum atomic E-state index is -4.06. The van der Waals surface area contributed by atoms with Crippen LogP contribution in [0.1, 0.15) is 11.3 Å². The van der Waals surface area contributed by atoms with Crippen molar-refractivity contribution in [3.63, 3.8) is 0 Å². The lowest BCUT2D eigenvalue weighted by Gasteiger charge is -2.16. The average molecular weight is 496 g/mol. The van der Waals surface area contributed by atoms with Gasteiger partial charge in [0.25, 0.3) is 10.0 Å². The third-order valence-electron chi connectivity index (χ3n) is 5.27. The number of sulfonamides is 1. The normalized spacial score (nSPS) is 12.8. The van der Waals surface area contributed by atoms with Gasteiger partial charge in [-0.05, 0) is 36.4 Å². The summed E-state index contributed by atoms with van der Waals surface area (Å²) < 4.78 is 56.3. The van der Waals surface area contributed by atoms with Gasteiger partial charge in [-0.2, -0.15) is 0 Å². The maximum Gasteiger partial charge on any atom is 0.262 e. The first-order chi connectivity index (χ1) is 17.0. The number of rotatable bonds is 8. The fourth-order valence-corrected chi connectivity index (χ4v) is 4.97. The Hall–Kier alpha value is -4.38. The van der Waals surface area contributed by atoms with Gasteiger partial charge >= 0.3 is 0 Å². The van der Waals surface area contributed by atoms with Gasteiger partial charge in [-0.25, -0.2) is 8.42 Å². The molecule has 0 fully saturated rings. The van der Waals surface area contributed by atoms with Crippen LogP contribution < -0.4 is 24.2 Å². The van der Waals surface area contributed by atoms with Gasteiger partial charge in [0.05, 0.1) is 36.8 Å². The number of anilines is 1. The number of amides is 1. The summed E-state index contributed by atoms with van der Waals surface area (Å²) in [4.78, 5) is 12.4. The summed E-state index contributed by atoms with van der Waals surface area (Å²) in [6, 6.07) is 11.3. The highest BCUT2D eigenvalue weighted by Gasteiger charge is 2.27. The Morgan fingerprint density at radius 2 is 2.00 bits per heavy atom. The molecule has 180 valence electrons. The van der Waals surface area contributed by atoms with Gasteiger partial charge in [-0.15, -0.1) is 0 Å². The number of carbonyl (C=O) groups excluding carboxylic acids is 1. The lowest BCUT2D eigenvalue weighted by atomic mass is 10.1. The maximum atomic E-state index is 13.4. The first-order valence-electron chi connectivity index (χ1n) is 10.4. The molecule has 2 aromatic carbocycles. The summed E-state index contributed by atoms with van der Waals surface area (Å²) in [6.07, 6.45) is 5.63. The molecule has 0 spiro atoms. The van der Waals surface area contributed by atoms with Crippen LogP contribution in [0.15, 0.2) is 74.8 Å². The fourth-order valence-electron chi connectivity index (χ4n) is 3.68. The van der Waals surface area contributed by atoms with Gasteiger partial charge in [0, 0.05) is 23.1 Å². The molecule has 0 bridgehead atoms. The van der Waals surface area contributed by atoms with Gasteiger partial charge in [0.1, 0.15) is 11.3 Å². The molecule has 2 aromatic heterocycles. The second-order valence-electron chi connectivity index (χ2n) is 7.43. The van der Waals surface area contributed by atoms with Crippen LogP contribution in [-0.2, 0) is 21.4 Å².